The average molecular weight is 214 g/mol. The summed E-state index contributed by atoms with van der Waals surface area (Å²) < 4.78 is 25.7. The normalized spacial score (nSPS) is 11.4. The van der Waals surface area contributed by atoms with E-state index in [9.17, 15) is 8.78 Å². The summed E-state index contributed by atoms with van der Waals surface area (Å²) in [5.41, 5.74) is 11.9. The smallest absolute Gasteiger partial charge is 0.265 e. The van der Waals surface area contributed by atoms with E-state index in [0.29, 0.717) is 21.5 Å². The lowest BCUT2D eigenvalue weighted by Gasteiger charge is -2.03. The number of hydrogen-bond donors (Lipinski definition) is 2. The maximum Gasteiger partial charge on any atom is 0.265 e. The first kappa shape index (κ1) is 9.21. The zero-order chi connectivity index (χ0) is 10.3. The molecule has 2 aromatic rings. The number of nitrogens with two attached hydrogens (primary N) is 2. The molecule has 1 heterocycles. The Morgan fingerprint density at radius 1 is 1.21 bits per heavy atom. The van der Waals surface area contributed by atoms with Crippen molar-refractivity contribution in [2.75, 3.05) is 11.5 Å². The fourth-order valence-electron chi connectivity index (χ4n) is 1.37. The van der Waals surface area contributed by atoms with Crippen molar-refractivity contribution >= 4 is 32.8 Å². The summed E-state index contributed by atoms with van der Waals surface area (Å²) in [6.45, 7) is 0. The third-order valence-corrected chi connectivity index (χ3v) is 3.05. The molecule has 0 radical (unpaired) electrons. The summed E-state index contributed by atoms with van der Waals surface area (Å²) in [5, 5.41) is 2.26. The highest BCUT2D eigenvalue weighted by Crippen LogP contribution is 2.37. The van der Waals surface area contributed by atoms with Gasteiger partial charge in [0.25, 0.3) is 6.43 Å². The van der Waals surface area contributed by atoms with E-state index < -0.39 is 6.43 Å². The highest BCUT2D eigenvalue weighted by molar-refractivity contribution is 7.18. The molecule has 0 saturated heterocycles. The van der Waals surface area contributed by atoms with Crippen LogP contribution in [0.15, 0.2) is 17.5 Å². The Labute approximate surface area is 83.1 Å². The van der Waals surface area contributed by atoms with Crippen molar-refractivity contribution in [2.24, 2.45) is 0 Å². The van der Waals surface area contributed by atoms with Crippen molar-refractivity contribution in [3.63, 3.8) is 0 Å². The van der Waals surface area contributed by atoms with E-state index in [4.69, 9.17) is 11.5 Å². The quantitative estimate of drug-likeness (QED) is 0.717. The molecule has 0 aliphatic rings. The molecule has 2 nitrogen and oxygen atoms in total. The number of hydrogen-bond acceptors (Lipinski definition) is 3. The highest BCUT2D eigenvalue weighted by atomic mass is 32.1. The molecular weight excluding hydrogens is 206 g/mol. The fraction of sp³-hybridized carbons (Fsp3) is 0.111. The number of thiophene rings is 1. The van der Waals surface area contributed by atoms with Crippen molar-refractivity contribution in [3.8, 4) is 0 Å². The molecule has 0 aliphatic heterocycles. The van der Waals surface area contributed by atoms with Gasteiger partial charge in [-0.25, -0.2) is 8.78 Å². The first-order valence-corrected chi connectivity index (χ1v) is 4.82. The van der Waals surface area contributed by atoms with Crippen LogP contribution in [-0.4, -0.2) is 0 Å². The zero-order valence-corrected chi connectivity index (χ0v) is 7.94. The molecule has 4 N–H and O–H groups in total. The second-order valence-corrected chi connectivity index (χ2v) is 3.86. The lowest BCUT2D eigenvalue weighted by Crippen LogP contribution is -1.91. The SMILES string of the molecule is Nc1cc(C(F)F)c2scc(N)c2c1. The summed E-state index contributed by atoms with van der Waals surface area (Å²) in [6.07, 6.45) is -2.51. The predicted molar refractivity (Wildman–Crippen MR) is 55.6 cm³/mol. The number of halogens is 2. The molecule has 0 atom stereocenters. The van der Waals surface area contributed by atoms with Crippen molar-refractivity contribution < 1.29 is 8.78 Å². The molecule has 0 unspecified atom stereocenters. The molecule has 0 amide bonds. The van der Waals surface area contributed by atoms with Crippen molar-refractivity contribution in [1.29, 1.82) is 0 Å². The van der Waals surface area contributed by atoms with Crippen LogP contribution in [0, 0.1) is 0 Å². The molecule has 0 aliphatic carbocycles. The Morgan fingerprint density at radius 3 is 2.57 bits per heavy atom. The lowest BCUT2D eigenvalue weighted by molar-refractivity contribution is 0.153. The molecule has 0 spiro atoms. The number of benzene rings is 1. The Balaban J connectivity index is 2.82. The van der Waals surface area contributed by atoms with Crippen molar-refractivity contribution in [3.05, 3.63) is 23.1 Å². The summed E-state index contributed by atoms with van der Waals surface area (Å²) in [6, 6.07) is 2.91. The minimum atomic E-state index is -2.51. The van der Waals surface area contributed by atoms with E-state index in [2.05, 4.69) is 0 Å². The van der Waals surface area contributed by atoms with Crippen molar-refractivity contribution in [1.82, 2.24) is 0 Å². The zero-order valence-electron chi connectivity index (χ0n) is 7.13. The summed E-state index contributed by atoms with van der Waals surface area (Å²) in [7, 11) is 0. The molecular formula is C9H8F2N2S. The van der Waals surface area contributed by atoms with Gasteiger partial charge in [-0.05, 0) is 12.1 Å². The van der Waals surface area contributed by atoms with Gasteiger partial charge in [0.05, 0.1) is 5.69 Å². The molecule has 14 heavy (non-hydrogen) atoms. The van der Waals surface area contributed by atoms with Crippen LogP contribution < -0.4 is 11.5 Å². The largest absolute Gasteiger partial charge is 0.399 e. The van der Waals surface area contributed by atoms with Crippen LogP contribution in [0.25, 0.3) is 10.1 Å². The van der Waals surface area contributed by atoms with Gasteiger partial charge in [-0.3, -0.25) is 0 Å². The van der Waals surface area contributed by atoms with E-state index in [1.165, 1.54) is 17.4 Å². The first-order chi connectivity index (χ1) is 6.59. The summed E-state index contributed by atoms with van der Waals surface area (Å²) >= 11 is 1.22. The Hall–Kier alpha value is -1.36. The van der Waals surface area contributed by atoms with E-state index in [-0.39, 0.29) is 5.56 Å². The predicted octanol–water partition coefficient (Wildman–Crippen LogP) is 3.00. The minimum Gasteiger partial charge on any atom is -0.399 e. The molecule has 1 aromatic carbocycles. The number of fused-ring (bicyclic) bond motifs is 1. The standard InChI is InChI=1S/C9H8F2N2S/c10-9(11)6-2-4(12)1-5-7(13)3-14-8(5)6/h1-3,9H,12-13H2. The van der Waals surface area contributed by atoms with E-state index >= 15 is 0 Å². The molecule has 5 heteroatoms. The van der Waals surface area contributed by atoms with Crippen LogP contribution >= 0.6 is 11.3 Å². The van der Waals surface area contributed by atoms with Crippen LogP contribution in [0.2, 0.25) is 0 Å². The molecule has 1 aromatic heterocycles. The summed E-state index contributed by atoms with van der Waals surface area (Å²) in [4.78, 5) is 0. The van der Waals surface area contributed by atoms with E-state index in [0.717, 1.165) is 0 Å². The van der Waals surface area contributed by atoms with Crippen LogP contribution in [0.4, 0.5) is 20.2 Å². The Bertz CT molecular complexity index is 479. The van der Waals surface area contributed by atoms with Gasteiger partial charge >= 0.3 is 0 Å². The van der Waals surface area contributed by atoms with Gasteiger partial charge < -0.3 is 11.5 Å². The number of anilines is 2. The van der Waals surface area contributed by atoms with Gasteiger partial charge in [-0.2, -0.15) is 0 Å². The van der Waals surface area contributed by atoms with Gasteiger partial charge in [0.1, 0.15) is 0 Å². The third-order valence-electron chi connectivity index (χ3n) is 1.99. The van der Waals surface area contributed by atoms with Crippen LogP contribution in [0.1, 0.15) is 12.0 Å². The van der Waals surface area contributed by atoms with Gasteiger partial charge in [-0.1, -0.05) is 0 Å². The van der Waals surface area contributed by atoms with E-state index in [1.54, 1.807) is 11.4 Å². The highest BCUT2D eigenvalue weighted by Gasteiger charge is 2.15. The van der Waals surface area contributed by atoms with Crippen molar-refractivity contribution in [2.45, 2.75) is 6.43 Å². The third kappa shape index (κ3) is 1.29. The van der Waals surface area contributed by atoms with Gasteiger partial charge in [-0.15, -0.1) is 11.3 Å². The number of rotatable bonds is 1. The second kappa shape index (κ2) is 3.09. The van der Waals surface area contributed by atoms with Crippen LogP contribution in [-0.2, 0) is 0 Å². The molecule has 0 bridgehead atoms. The second-order valence-electron chi connectivity index (χ2n) is 2.98. The Morgan fingerprint density at radius 2 is 1.93 bits per heavy atom. The molecule has 74 valence electrons. The number of alkyl halides is 2. The van der Waals surface area contributed by atoms with Crippen LogP contribution in [0.3, 0.4) is 0 Å². The van der Waals surface area contributed by atoms with Crippen LogP contribution in [0.5, 0.6) is 0 Å². The number of nitrogen functional groups attached to an aromatic ring is 2. The van der Waals surface area contributed by atoms with Gasteiger partial charge in [0.2, 0.25) is 0 Å². The molecule has 0 saturated carbocycles. The Kier molecular flexibility index (Phi) is 2.03. The monoisotopic (exact) mass is 214 g/mol. The maximum absolute atomic E-state index is 12.6. The first-order valence-electron chi connectivity index (χ1n) is 3.94. The molecule has 2 rings (SSSR count). The van der Waals surface area contributed by atoms with E-state index in [1.807, 2.05) is 0 Å². The molecule has 0 fully saturated rings. The maximum atomic E-state index is 12.6. The fourth-order valence-corrected chi connectivity index (χ4v) is 2.33. The average Bonchev–Trinajstić information content (AvgIpc) is 2.47. The summed E-state index contributed by atoms with van der Waals surface area (Å²) in [5.74, 6) is 0. The lowest BCUT2D eigenvalue weighted by atomic mass is 10.1. The van der Waals surface area contributed by atoms with Gasteiger partial charge in [0.15, 0.2) is 0 Å². The van der Waals surface area contributed by atoms with Gasteiger partial charge in [0, 0.05) is 26.7 Å². The minimum absolute atomic E-state index is 0.0401. The topological polar surface area (TPSA) is 52.0 Å².